The molecule has 0 fully saturated rings. The highest BCUT2D eigenvalue weighted by Gasteiger charge is 2.06. The Labute approximate surface area is 118 Å². The molecule has 1 amide bonds. The van der Waals surface area contributed by atoms with Gasteiger partial charge in [0.2, 0.25) is 5.91 Å². The third-order valence-electron chi connectivity index (χ3n) is 2.94. The Morgan fingerprint density at radius 1 is 1.32 bits per heavy atom. The van der Waals surface area contributed by atoms with E-state index in [1.807, 2.05) is 36.0 Å². The molecule has 0 saturated heterocycles. The first-order valence-electron chi connectivity index (χ1n) is 6.26. The molecule has 3 nitrogen and oxygen atoms in total. The molecule has 0 bridgehead atoms. The van der Waals surface area contributed by atoms with Crippen LogP contribution in [0, 0.1) is 0 Å². The monoisotopic (exact) mass is 276 g/mol. The minimum absolute atomic E-state index is 0.00373. The summed E-state index contributed by atoms with van der Waals surface area (Å²) < 4.78 is 2.00. The third-order valence-corrected chi connectivity index (χ3v) is 3.31. The molecule has 1 heterocycles. The molecule has 1 aromatic heterocycles. The predicted octanol–water partition coefficient (Wildman–Crippen LogP) is 2.58. The van der Waals surface area contributed by atoms with Crippen LogP contribution in [-0.4, -0.2) is 17.0 Å². The molecule has 0 aliphatic carbocycles. The molecule has 1 N–H and O–H groups in total. The van der Waals surface area contributed by atoms with Gasteiger partial charge in [-0.3, -0.25) is 4.79 Å². The molecule has 0 saturated carbocycles. The van der Waals surface area contributed by atoms with E-state index in [1.165, 1.54) is 5.56 Å². The van der Waals surface area contributed by atoms with Crippen molar-refractivity contribution in [3.8, 4) is 0 Å². The van der Waals surface area contributed by atoms with E-state index in [0.29, 0.717) is 18.0 Å². The second kappa shape index (κ2) is 6.43. The summed E-state index contributed by atoms with van der Waals surface area (Å²) >= 11 is 6.02. The van der Waals surface area contributed by atoms with Gasteiger partial charge in [0.15, 0.2) is 0 Å². The molecule has 0 radical (unpaired) electrons. The zero-order valence-corrected chi connectivity index (χ0v) is 11.7. The topological polar surface area (TPSA) is 34.0 Å². The van der Waals surface area contributed by atoms with Crippen molar-refractivity contribution in [1.29, 1.82) is 0 Å². The largest absolute Gasteiger partial charge is 0.357 e. The number of carbonyl (C=O) groups is 1. The van der Waals surface area contributed by atoms with E-state index in [0.717, 1.165) is 12.0 Å². The van der Waals surface area contributed by atoms with Crippen LogP contribution in [0.2, 0.25) is 5.02 Å². The molecule has 0 atom stereocenters. The van der Waals surface area contributed by atoms with Crippen molar-refractivity contribution in [2.45, 2.75) is 12.8 Å². The van der Waals surface area contributed by atoms with Crippen LogP contribution in [-0.2, 0) is 24.7 Å². The van der Waals surface area contributed by atoms with E-state index in [4.69, 9.17) is 11.6 Å². The Morgan fingerprint density at radius 3 is 2.79 bits per heavy atom. The highest BCUT2D eigenvalue weighted by molar-refractivity contribution is 6.31. The Kier molecular flexibility index (Phi) is 4.63. The first-order valence-corrected chi connectivity index (χ1v) is 6.64. The number of amides is 1. The Morgan fingerprint density at radius 2 is 2.11 bits per heavy atom. The van der Waals surface area contributed by atoms with Gasteiger partial charge in [-0.05, 0) is 29.7 Å². The number of hydrogen-bond acceptors (Lipinski definition) is 1. The van der Waals surface area contributed by atoms with E-state index >= 15 is 0 Å². The van der Waals surface area contributed by atoms with Gasteiger partial charge in [0.05, 0.1) is 6.42 Å². The minimum Gasteiger partial charge on any atom is -0.357 e. The Balaban J connectivity index is 1.77. The van der Waals surface area contributed by atoms with Gasteiger partial charge < -0.3 is 9.88 Å². The van der Waals surface area contributed by atoms with Crippen LogP contribution in [0.25, 0.3) is 0 Å². The summed E-state index contributed by atoms with van der Waals surface area (Å²) in [6.07, 6.45) is 5.23. The van der Waals surface area contributed by atoms with Crippen molar-refractivity contribution in [3.05, 3.63) is 58.9 Å². The van der Waals surface area contributed by atoms with E-state index in [2.05, 4.69) is 17.6 Å². The van der Waals surface area contributed by atoms with Crippen LogP contribution in [0.3, 0.4) is 0 Å². The average molecular weight is 277 g/mol. The van der Waals surface area contributed by atoms with Crippen molar-refractivity contribution in [3.63, 3.8) is 0 Å². The third kappa shape index (κ3) is 4.14. The van der Waals surface area contributed by atoms with Crippen LogP contribution in [0.1, 0.15) is 11.1 Å². The fraction of sp³-hybridized carbons (Fsp3) is 0.267. The minimum atomic E-state index is 0.00373. The smallest absolute Gasteiger partial charge is 0.224 e. The van der Waals surface area contributed by atoms with E-state index in [-0.39, 0.29) is 5.91 Å². The molecule has 0 spiro atoms. The van der Waals surface area contributed by atoms with Crippen LogP contribution >= 0.6 is 11.6 Å². The van der Waals surface area contributed by atoms with Gasteiger partial charge in [-0.1, -0.05) is 29.8 Å². The van der Waals surface area contributed by atoms with Crippen LogP contribution in [0.5, 0.6) is 0 Å². The lowest BCUT2D eigenvalue weighted by molar-refractivity contribution is -0.120. The van der Waals surface area contributed by atoms with Gasteiger partial charge in [-0.2, -0.15) is 0 Å². The zero-order valence-electron chi connectivity index (χ0n) is 10.9. The summed E-state index contributed by atoms with van der Waals surface area (Å²) in [7, 11) is 1.99. The Hall–Kier alpha value is -1.74. The highest BCUT2D eigenvalue weighted by atomic mass is 35.5. The molecule has 2 aromatic rings. The number of rotatable bonds is 5. The van der Waals surface area contributed by atoms with Crippen molar-refractivity contribution in [1.82, 2.24) is 9.88 Å². The molecular formula is C15H17ClN2O. The second-order valence-corrected chi connectivity index (χ2v) is 4.96. The zero-order chi connectivity index (χ0) is 13.7. The number of benzene rings is 1. The van der Waals surface area contributed by atoms with E-state index in [9.17, 15) is 4.79 Å². The summed E-state index contributed by atoms with van der Waals surface area (Å²) in [5, 5.41) is 3.55. The normalized spacial score (nSPS) is 10.4. The average Bonchev–Trinajstić information content (AvgIpc) is 2.78. The molecule has 100 valence electrons. The van der Waals surface area contributed by atoms with Crippen molar-refractivity contribution in [2.75, 3.05) is 6.54 Å². The van der Waals surface area contributed by atoms with Gasteiger partial charge in [0.1, 0.15) is 0 Å². The van der Waals surface area contributed by atoms with Crippen LogP contribution < -0.4 is 5.32 Å². The number of aromatic nitrogens is 1. The van der Waals surface area contributed by atoms with Gasteiger partial charge in [0, 0.05) is 31.0 Å². The lowest BCUT2D eigenvalue weighted by Gasteiger charge is -2.06. The summed E-state index contributed by atoms with van der Waals surface area (Å²) in [6.45, 7) is 0.646. The summed E-state index contributed by atoms with van der Waals surface area (Å²) in [6, 6.07) is 9.48. The summed E-state index contributed by atoms with van der Waals surface area (Å²) in [4.78, 5) is 11.8. The molecular weight excluding hydrogens is 260 g/mol. The van der Waals surface area contributed by atoms with Gasteiger partial charge in [0.25, 0.3) is 0 Å². The van der Waals surface area contributed by atoms with Crippen LogP contribution in [0.15, 0.2) is 42.7 Å². The standard InChI is InChI=1S/C15H17ClN2O/c1-18-9-7-12(11-18)6-8-17-15(19)10-13-4-2-3-5-14(13)16/h2-5,7,9,11H,6,8,10H2,1H3,(H,17,19). The molecule has 4 heteroatoms. The van der Waals surface area contributed by atoms with E-state index in [1.54, 1.807) is 6.07 Å². The molecule has 0 aliphatic rings. The maximum Gasteiger partial charge on any atom is 0.224 e. The molecule has 19 heavy (non-hydrogen) atoms. The number of nitrogens with one attached hydrogen (secondary N) is 1. The molecule has 0 aliphatic heterocycles. The fourth-order valence-electron chi connectivity index (χ4n) is 1.93. The van der Waals surface area contributed by atoms with Crippen molar-refractivity contribution in [2.24, 2.45) is 7.05 Å². The lowest BCUT2D eigenvalue weighted by atomic mass is 10.1. The van der Waals surface area contributed by atoms with Crippen molar-refractivity contribution < 1.29 is 4.79 Å². The van der Waals surface area contributed by atoms with Gasteiger partial charge >= 0.3 is 0 Å². The first-order chi connectivity index (χ1) is 9.15. The lowest BCUT2D eigenvalue weighted by Crippen LogP contribution is -2.27. The van der Waals surface area contributed by atoms with Crippen LogP contribution in [0.4, 0.5) is 0 Å². The molecule has 0 unspecified atom stereocenters. The fourth-order valence-corrected chi connectivity index (χ4v) is 2.13. The van der Waals surface area contributed by atoms with Crippen molar-refractivity contribution >= 4 is 17.5 Å². The van der Waals surface area contributed by atoms with E-state index < -0.39 is 0 Å². The maximum absolute atomic E-state index is 11.8. The number of halogens is 1. The molecule has 2 rings (SSSR count). The Bertz CT molecular complexity index is 563. The number of aryl methyl sites for hydroxylation is 1. The second-order valence-electron chi connectivity index (χ2n) is 4.55. The van der Waals surface area contributed by atoms with Gasteiger partial charge in [-0.25, -0.2) is 0 Å². The van der Waals surface area contributed by atoms with Gasteiger partial charge in [-0.15, -0.1) is 0 Å². The number of hydrogen-bond donors (Lipinski definition) is 1. The SMILES string of the molecule is Cn1ccc(CCNC(=O)Cc2ccccc2Cl)c1. The summed E-state index contributed by atoms with van der Waals surface area (Å²) in [5.74, 6) is 0.00373. The molecule has 1 aromatic carbocycles. The maximum atomic E-state index is 11.8. The summed E-state index contributed by atoms with van der Waals surface area (Å²) in [5.41, 5.74) is 2.09. The first kappa shape index (κ1) is 13.7. The number of nitrogens with zero attached hydrogens (tertiary/aromatic N) is 1. The number of carbonyl (C=O) groups excluding carboxylic acids is 1. The highest BCUT2D eigenvalue weighted by Crippen LogP contribution is 2.15. The quantitative estimate of drug-likeness (QED) is 0.895. The predicted molar refractivity (Wildman–Crippen MR) is 77.3 cm³/mol.